The summed E-state index contributed by atoms with van der Waals surface area (Å²) in [7, 11) is -4.53. The zero-order valence-electron chi connectivity index (χ0n) is 18.8. The van der Waals surface area contributed by atoms with Gasteiger partial charge in [0.15, 0.2) is 28.3 Å². The Balaban J connectivity index is 1.55. The number of primary amides is 1. The molecular weight excluding hydrogens is 560 g/mol. The van der Waals surface area contributed by atoms with Gasteiger partial charge in [-0.25, -0.2) is 35.8 Å². The molecule has 0 unspecified atom stereocenters. The van der Waals surface area contributed by atoms with E-state index in [1.807, 2.05) is 4.72 Å². The van der Waals surface area contributed by atoms with Crippen molar-refractivity contribution in [3.8, 4) is 5.75 Å². The van der Waals surface area contributed by atoms with Gasteiger partial charge in [0.1, 0.15) is 15.0 Å². The van der Waals surface area contributed by atoms with Gasteiger partial charge in [0.05, 0.1) is 12.8 Å². The lowest BCUT2D eigenvalue weighted by Crippen LogP contribution is -2.47. The first-order chi connectivity index (χ1) is 17.4. The number of hydrogen-bond acceptors (Lipinski definition) is 6. The van der Waals surface area contributed by atoms with E-state index in [4.69, 9.17) is 22.1 Å². The number of nitrogens with two attached hydrogens (primary N) is 1. The van der Waals surface area contributed by atoms with E-state index in [9.17, 15) is 30.8 Å². The van der Waals surface area contributed by atoms with Crippen LogP contribution in [0.5, 0.6) is 5.75 Å². The molecule has 2 amide bonds. The van der Waals surface area contributed by atoms with E-state index in [0.29, 0.717) is 24.1 Å². The number of piperidine rings is 1. The van der Waals surface area contributed by atoms with Crippen LogP contribution in [0.25, 0.3) is 0 Å². The number of sulfonamides is 1. The maximum Gasteiger partial charge on any atom is 0.314 e. The SMILES string of the molecule is NC(=O)N1CC[C@@H](c2ccc(F)c(F)c2)[C@H](COc2cc(F)c(S(=O)(=O)Nc3ncc(Cl)s3)cc2F)C1. The lowest BCUT2D eigenvalue weighted by atomic mass is 9.81. The van der Waals surface area contributed by atoms with Crippen molar-refractivity contribution in [1.82, 2.24) is 9.88 Å². The number of thiazole rings is 1. The summed E-state index contributed by atoms with van der Waals surface area (Å²) in [5.74, 6) is -6.05. The highest BCUT2D eigenvalue weighted by atomic mass is 35.5. The molecule has 2 atom stereocenters. The molecule has 2 aromatic carbocycles. The van der Waals surface area contributed by atoms with Gasteiger partial charge in [-0.05, 0) is 30.0 Å². The molecule has 1 aromatic heterocycles. The van der Waals surface area contributed by atoms with Gasteiger partial charge in [0.2, 0.25) is 0 Å². The smallest absolute Gasteiger partial charge is 0.314 e. The molecule has 8 nitrogen and oxygen atoms in total. The minimum atomic E-state index is -4.53. The van der Waals surface area contributed by atoms with Crippen molar-refractivity contribution in [2.75, 3.05) is 24.4 Å². The second-order valence-corrected chi connectivity index (χ2v) is 11.5. The molecule has 0 bridgehead atoms. The highest BCUT2D eigenvalue weighted by Gasteiger charge is 2.33. The van der Waals surface area contributed by atoms with E-state index >= 15 is 0 Å². The van der Waals surface area contributed by atoms with E-state index in [1.165, 1.54) is 17.2 Å². The number of benzene rings is 2. The van der Waals surface area contributed by atoms with Crippen molar-refractivity contribution in [3.05, 3.63) is 69.7 Å². The molecule has 3 aromatic rings. The summed E-state index contributed by atoms with van der Waals surface area (Å²) in [4.78, 5) is 15.8. The Morgan fingerprint density at radius 3 is 2.57 bits per heavy atom. The van der Waals surface area contributed by atoms with Gasteiger partial charge in [-0.1, -0.05) is 29.0 Å². The van der Waals surface area contributed by atoms with Crippen LogP contribution in [0.3, 0.4) is 0 Å². The van der Waals surface area contributed by atoms with E-state index < -0.39 is 61.8 Å². The molecule has 0 spiro atoms. The number of anilines is 1. The van der Waals surface area contributed by atoms with Gasteiger partial charge in [-0.2, -0.15) is 0 Å². The zero-order chi connectivity index (χ0) is 26.9. The molecule has 37 heavy (non-hydrogen) atoms. The average Bonchev–Trinajstić information content (AvgIpc) is 3.24. The summed E-state index contributed by atoms with van der Waals surface area (Å²) in [6, 6.07) is 3.76. The van der Waals surface area contributed by atoms with Crippen LogP contribution < -0.4 is 15.2 Å². The fourth-order valence-electron chi connectivity index (χ4n) is 4.08. The van der Waals surface area contributed by atoms with Crippen molar-refractivity contribution in [1.29, 1.82) is 0 Å². The van der Waals surface area contributed by atoms with E-state index in [-0.39, 0.29) is 29.2 Å². The third-order valence-corrected chi connectivity index (χ3v) is 8.36. The van der Waals surface area contributed by atoms with Crippen molar-refractivity contribution in [2.24, 2.45) is 11.7 Å². The monoisotopic (exact) mass is 578 g/mol. The van der Waals surface area contributed by atoms with Gasteiger partial charge in [-0.15, -0.1) is 0 Å². The van der Waals surface area contributed by atoms with E-state index in [2.05, 4.69) is 4.98 Å². The van der Waals surface area contributed by atoms with Crippen LogP contribution >= 0.6 is 22.9 Å². The summed E-state index contributed by atoms with van der Waals surface area (Å²) in [6.07, 6.45) is 1.53. The minimum absolute atomic E-state index is 0.0653. The Morgan fingerprint density at radius 1 is 1.16 bits per heavy atom. The number of urea groups is 1. The van der Waals surface area contributed by atoms with E-state index in [0.717, 1.165) is 23.5 Å². The van der Waals surface area contributed by atoms with Crippen LogP contribution in [0, 0.1) is 29.2 Å². The van der Waals surface area contributed by atoms with Gasteiger partial charge in [-0.3, -0.25) is 4.72 Å². The minimum Gasteiger partial charge on any atom is -0.490 e. The third-order valence-electron chi connectivity index (χ3n) is 5.85. The molecule has 3 N–H and O–H groups in total. The molecule has 2 heterocycles. The Morgan fingerprint density at radius 2 is 1.92 bits per heavy atom. The van der Waals surface area contributed by atoms with Crippen LogP contribution in [0.1, 0.15) is 17.9 Å². The first-order valence-electron chi connectivity index (χ1n) is 10.7. The highest BCUT2D eigenvalue weighted by molar-refractivity contribution is 7.93. The molecule has 0 saturated carbocycles. The number of carbonyl (C=O) groups is 1. The number of nitrogens with zero attached hydrogens (tertiary/aromatic N) is 2. The summed E-state index contributed by atoms with van der Waals surface area (Å²) in [6.45, 7) is 0.0595. The fraction of sp³-hybridized carbons (Fsp3) is 0.273. The molecule has 1 aliphatic rings. The van der Waals surface area contributed by atoms with Gasteiger partial charge in [0.25, 0.3) is 10.0 Å². The standard InChI is InChI=1S/C22H19ClF4N4O4S2/c23-20-8-29-22(36-20)30-37(33,34)19-7-16(26)18(6-17(19)27)35-10-12-9-31(21(28)32)4-3-13(12)11-1-2-14(24)15(25)5-11/h1-2,5-8,12-13H,3-4,9-10H2,(H2,28,32)(H,29,30)/t12-,13-/m0/s1. The summed E-state index contributed by atoms with van der Waals surface area (Å²) in [5.41, 5.74) is 5.82. The quantitative estimate of drug-likeness (QED) is 0.394. The Labute approximate surface area is 218 Å². The van der Waals surface area contributed by atoms with Crippen LogP contribution in [0.2, 0.25) is 4.34 Å². The van der Waals surface area contributed by atoms with Gasteiger partial charge >= 0.3 is 6.03 Å². The molecule has 4 rings (SSSR count). The van der Waals surface area contributed by atoms with Crippen molar-refractivity contribution >= 4 is 44.1 Å². The van der Waals surface area contributed by atoms with E-state index in [1.54, 1.807) is 0 Å². The average molecular weight is 579 g/mol. The summed E-state index contributed by atoms with van der Waals surface area (Å²) < 4.78 is 89.5. The number of aromatic nitrogens is 1. The molecule has 1 fully saturated rings. The van der Waals surface area contributed by atoms with Crippen LogP contribution in [0.4, 0.5) is 27.5 Å². The molecule has 1 saturated heterocycles. The van der Waals surface area contributed by atoms with Crippen molar-refractivity contribution in [2.45, 2.75) is 17.2 Å². The van der Waals surface area contributed by atoms with Crippen LogP contribution in [-0.2, 0) is 10.0 Å². The number of rotatable bonds is 7. The number of amides is 2. The topological polar surface area (TPSA) is 115 Å². The van der Waals surface area contributed by atoms with Gasteiger partial charge < -0.3 is 15.4 Å². The van der Waals surface area contributed by atoms with Crippen molar-refractivity contribution < 1.29 is 35.5 Å². The molecule has 15 heteroatoms. The first-order valence-corrected chi connectivity index (χ1v) is 13.4. The Hall–Kier alpha value is -3.10. The Kier molecular flexibility index (Phi) is 7.80. The normalized spacial score (nSPS) is 18.0. The predicted octanol–water partition coefficient (Wildman–Crippen LogP) is 4.72. The second kappa shape index (κ2) is 10.7. The fourth-order valence-corrected chi connectivity index (χ4v) is 6.20. The molecular formula is C22H19ClF4N4O4S2. The zero-order valence-corrected chi connectivity index (χ0v) is 21.1. The number of ether oxygens (including phenoxy) is 1. The second-order valence-electron chi connectivity index (χ2n) is 8.21. The third kappa shape index (κ3) is 6.08. The predicted molar refractivity (Wildman–Crippen MR) is 128 cm³/mol. The summed E-state index contributed by atoms with van der Waals surface area (Å²) in [5, 5.41) is -0.135. The largest absolute Gasteiger partial charge is 0.490 e. The highest BCUT2D eigenvalue weighted by Crippen LogP contribution is 2.35. The number of nitrogens with one attached hydrogen (secondary N) is 1. The Bertz CT molecular complexity index is 1440. The molecule has 0 aliphatic carbocycles. The van der Waals surface area contributed by atoms with Crippen LogP contribution in [0.15, 0.2) is 41.4 Å². The van der Waals surface area contributed by atoms with Crippen LogP contribution in [-0.4, -0.2) is 44.0 Å². The first kappa shape index (κ1) is 26.9. The molecule has 1 aliphatic heterocycles. The maximum atomic E-state index is 14.8. The molecule has 0 radical (unpaired) electrons. The molecule has 198 valence electrons. The lowest BCUT2D eigenvalue weighted by Gasteiger charge is -2.38. The maximum absolute atomic E-state index is 14.8. The summed E-state index contributed by atoms with van der Waals surface area (Å²) >= 11 is 6.50. The lowest BCUT2D eigenvalue weighted by molar-refractivity contribution is 0.124. The number of hydrogen-bond donors (Lipinski definition) is 2. The number of carbonyl (C=O) groups excluding carboxylic acids is 1. The van der Waals surface area contributed by atoms with Gasteiger partial charge in [0, 0.05) is 31.1 Å². The number of halogens is 5. The number of likely N-dealkylation sites (tertiary alicyclic amines) is 1. The van der Waals surface area contributed by atoms with Crippen molar-refractivity contribution in [3.63, 3.8) is 0 Å².